The molecule has 1 saturated heterocycles. The van der Waals surface area contributed by atoms with E-state index < -0.39 is 0 Å². The van der Waals surface area contributed by atoms with E-state index in [9.17, 15) is 0 Å². The van der Waals surface area contributed by atoms with Gasteiger partial charge in [0.15, 0.2) is 0 Å². The van der Waals surface area contributed by atoms with Gasteiger partial charge in [-0.05, 0) is 31.1 Å². The molecule has 0 amide bonds. The molecule has 1 aromatic carbocycles. The fourth-order valence-corrected chi connectivity index (χ4v) is 2.97. The Kier molecular flexibility index (Phi) is 3.96. The van der Waals surface area contributed by atoms with Crippen molar-refractivity contribution in [3.63, 3.8) is 0 Å². The molecular formula is C16H21N3O. The zero-order valence-electron chi connectivity index (χ0n) is 12.0. The SMILES string of the molecule is CNC(c1cccc2cnccc12)C1CN(C)CCO1. The minimum absolute atomic E-state index is 0.178. The number of fused-ring (bicyclic) bond motifs is 1. The van der Waals surface area contributed by atoms with Crippen molar-refractivity contribution in [3.05, 3.63) is 42.2 Å². The third-order valence-electron chi connectivity index (χ3n) is 4.03. The lowest BCUT2D eigenvalue weighted by atomic mass is 9.95. The van der Waals surface area contributed by atoms with Crippen LogP contribution in [0.3, 0.4) is 0 Å². The summed E-state index contributed by atoms with van der Waals surface area (Å²) in [5.74, 6) is 0. The maximum atomic E-state index is 5.98. The lowest BCUT2D eigenvalue weighted by molar-refractivity contribution is -0.0377. The predicted molar refractivity (Wildman–Crippen MR) is 80.8 cm³/mol. The fourth-order valence-electron chi connectivity index (χ4n) is 2.97. The Morgan fingerprint density at radius 2 is 2.30 bits per heavy atom. The van der Waals surface area contributed by atoms with Gasteiger partial charge in [-0.15, -0.1) is 0 Å². The van der Waals surface area contributed by atoms with Gasteiger partial charge in [0.25, 0.3) is 0 Å². The van der Waals surface area contributed by atoms with Crippen LogP contribution in [0.4, 0.5) is 0 Å². The predicted octanol–water partition coefficient (Wildman–Crippen LogP) is 1.83. The highest BCUT2D eigenvalue weighted by Crippen LogP contribution is 2.28. The quantitative estimate of drug-likeness (QED) is 0.924. The molecule has 2 aromatic rings. The van der Waals surface area contributed by atoms with Gasteiger partial charge in [-0.25, -0.2) is 0 Å². The summed E-state index contributed by atoms with van der Waals surface area (Å²) < 4.78 is 5.98. The second kappa shape index (κ2) is 5.87. The first-order valence-corrected chi connectivity index (χ1v) is 7.09. The summed E-state index contributed by atoms with van der Waals surface area (Å²) in [6.07, 6.45) is 3.95. The van der Waals surface area contributed by atoms with Crippen LogP contribution < -0.4 is 5.32 Å². The van der Waals surface area contributed by atoms with Crippen LogP contribution in [0.15, 0.2) is 36.7 Å². The number of ether oxygens (including phenoxy) is 1. The van der Waals surface area contributed by atoms with Crippen LogP contribution in [0.25, 0.3) is 10.8 Å². The number of hydrogen-bond donors (Lipinski definition) is 1. The lowest BCUT2D eigenvalue weighted by Gasteiger charge is -2.35. The Balaban J connectivity index is 1.98. The molecular weight excluding hydrogens is 250 g/mol. The first-order chi connectivity index (χ1) is 9.79. The van der Waals surface area contributed by atoms with Crippen molar-refractivity contribution in [1.29, 1.82) is 0 Å². The highest BCUT2D eigenvalue weighted by atomic mass is 16.5. The van der Waals surface area contributed by atoms with E-state index in [0.29, 0.717) is 0 Å². The smallest absolute Gasteiger partial charge is 0.0896 e. The second-order valence-corrected chi connectivity index (χ2v) is 5.38. The third-order valence-corrected chi connectivity index (χ3v) is 4.03. The molecule has 0 saturated carbocycles. The normalized spacial score (nSPS) is 22.0. The van der Waals surface area contributed by atoms with Gasteiger partial charge in [-0.2, -0.15) is 0 Å². The molecule has 1 aliphatic heterocycles. The molecule has 0 bridgehead atoms. The summed E-state index contributed by atoms with van der Waals surface area (Å²) in [6, 6.07) is 8.66. The lowest BCUT2D eigenvalue weighted by Crippen LogP contribution is -2.46. The summed E-state index contributed by atoms with van der Waals surface area (Å²) in [6.45, 7) is 2.75. The Morgan fingerprint density at radius 3 is 3.10 bits per heavy atom. The molecule has 2 heterocycles. The van der Waals surface area contributed by atoms with Gasteiger partial charge in [-0.3, -0.25) is 4.98 Å². The maximum absolute atomic E-state index is 5.98. The average molecular weight is 271 g/mol. The number of rotatable bonds is 3. The van der Waals surface area contributed by atoms with Gasteiger partial charge in [0.05, 0.1) is 18.8 Å². The van der Waals surface area contributed by atoms with E-state index in [1.807, 2.05) is 19.4 Å². The van der Waals surface area contributed by atoms with Crippen LogP contribution >= 0.6 is 0 Å². The number of nitrogens with one attached hydrogen (secondary N) is 1. The number of nitrogens with zero attached hydrogens (tertiary/aromatic N) is 2. The molecule has 0 aliphatic carbocycles. The van der Waals surface area contributed by atoms with E-state index in [2.05, 4.69) is 46.5 Å². The molecule has 1 aliphatic rings. The molecule has 4 nitrogen and oxygen atoms in total. The van der Waals surface area contributed by atoms with Gasteiger partial charge in [0, 0.05) is 30.9 Å². The summed E-state index contributed by atoms with van der Waals surface area (Å²) in [5, 5.41) is 5.85. The number of aromatic nitrogens is 1. The van der Waals surface area contributed by atoms with Crippen molar-refractivity contribution < 1.29 is 4.74 Å². The van der Waals surface area contributed by atoms with E-state index in [0.717, 1.165) is 19.7 Å². The van der Waals surface area contributed by atoms with Crippen LogP contribution in [0.1, 0.15) is 11.6 Å². The highest BCUT2D eigenvalue weighted by Gasteiger charge is 2.27. The number of likely N-dealkylation sites (N-methyl/N-ethyl adjacent to an activating group) is 2. The van der Waals surface area contributed by atoms with Crippen molar-refractivity contribution in [1.82, 2.24) is 15.2 Å². The molecule has 2 atom stereocenters. The first kappa shape index (κ1) is 13.5. The molecule has 4 heteroatoms. The van der Waals surface area contributed by atoms with Gasteiger partial charge in [-0.1, -0.05) is 18.2 Å². The fraction of sp³-hybridized carbons (Fsp3) is 0.438. The van der Waals surface area contributed by atoms with E-state index in [1.165, 1.54) is 16.3 Å². The van der Waals surface area contributed by atoms with Crippen molar-refractivity contribution in [2.75, 3.05) is 33.8 Å². The number of hydrogen-bond acceptors (Lipinski definition) is 4. The van der Waals surface area contributed by atoms with Gasteiger partial charge >= 0.3 is 0 Å². The van der Waals surface area contributed by atoms with Crippen molar-refractivity contribution in [2.24, 2.45) is 0 Å². The molecule has 20 heavy (non-hydrogen) atoms. The van der Waals surface area contributed by atoms with Crippen LogP contribution in [0.2, 0.25) is 0 Å². The molecule has 3 rings (SSSR count). The summed E-state index contributed by atoms with van der Waals surface area (Å²) >= 11 is 0. The van der Waals surface area contributed by atoms with Crippen LogP contribution in [0, 0.1) is 0 Å². The summed E-state index contributed by atoms with van der Waals surface area (Å²) in [7, 11) is 4.15. The molecule has 1 N–H and O–H groups in total. The Bertz CT molecular complexity index is 581. The molecule has 0 radical (unpaired) electrons. The van der Waals surface area contributed by atoms with E-state index in [1.54, 1.807) is 0 Å². The largest absolute Gasteiger partial charge is 0.374 e. The molecule has 1 fully saturated rings. The number of morpholine rings is 1. The zero-order valence-corrected chi connectivity index (χ0v) is 12.0. The van der Waals surface area contributed by atoms with Crippen LogP contribution in [-0.2, 0) is 4.74 Å². The molecule has 2 unspecified atom stereocenters. The Morgan fingerprint density at radius 1 is 1.40 bits per heavy atom. The Hall–Kier alpha value is -1.49. The minimum Gasteiger partial charge on any atom is -0.374 e. The van der Waals surface area contributed by atoms with Crippen LogP contribution in [-0.4, -0.2) is 49.8 Å². The monoisotopic (exact) mass is 271 g/mol. The van der Waals surface area contributed by atoms with Crippen LogP contribution in [0.5, 0.6) is 0 Å². The number of benzene rings is 1. The average Bonchev–Trinajstić information content (AvgIpc) is 2.48. The van der Waals surface area contributed by atoms with Crippen molar-refractivity contribution >= 4 is 10.8 Å². The third kappa shape index (κ3) is 2.54. The summed E-state index contributed by atoms with van der Waals surface area (Å²) in [5.41, 5.74) is 1.28. The van der Waals surface area contributed by atoms with E-state index in [4.69, 9.17) is 4.74 Å². The van der Waals surface area contributed by atoms with Gasteiger partial charge in [0.1, 0.15) is 0 Å². The van der Waals surface area contributed by atoms with E-state index in [-0.39, 0.29) is 12.1 Å². The van der Waals surface area contributed by atoms with Crippen molar-refractivity contribution in [3.8, 4) is 0 Å². The standard InChI is InChI=1S/C16H21N3O/c1-17-16(15-11-19(2)8-9-20-15)14-5-3-4-12-10-18-7-6-13(12)14/h3-7,10,15-17H,8-9,11H2,1-2H3. The molecule has 1 aromatic heterocycles. The van der Waals surface area contributed by atoms with Gasteiger partial charge in [0.2, 0.25) is 0 Å². The molecule has 106 valence electrons. The number of pyridine rings is 1. The Labute approximate surface area is 119 Å². The maximum Gasteiger partial charge on any atom is 0.0896 e. The minimum atomic E-state index is 0.178. The zero-order chi connectivity index (χ0) is 13.9. The second-order valence-electron chi connectivity index (χ2n) is 5.38. The van der Waals surface area contributed by atoms with E-state index >= 15 is 0 Å². The topological polar surface area (TPSA) is 37.4 Å². The first-order valence-electron chi connectivity index (χ1n) is 7.09. The van der Waals surface area contributed by atoms with Gasteiger partial charge < -0.3 is 15.0 Å². The summed E-state index contributed by atoms with van der Waals surface area (Å²) in [4.78, 5) is 6.53. The molecule has 0 spiro atoms. The highest BCUT2D eigenvalue weighted by molar-refractivity contribution is 5.85. The van der Waals surface area contributed by atoms with Crippen molar-refractivity contribution in [2.45, 2.75) is 12.1 Å².